The summed E-state index contributed by atoms with van der Waals surface area (Å²) in [6, 6.07) is 3.57. The minimum absolute atomic E-state index is 0.166. The second kappa shape index (κ2) is 5.47. The largest absolute Gasteiger partial charge is 0.398 e. The molecule has 2 saturated heterocycles. The van der Waals surface area contributed by atoms with Crippen molar-refractivity contribution in [1.29, 1.82) is 5.41 Å². The van der Waals surface area contributed by atoms with Gasteiger partial charge < -0.3 is 20.9 Å². The first-order valence-electron chi connectivity index (χ1n) is 7.54. The maximum atomic E-state index is 11.4. The number of amides is 1. The number of carbonyl (C=O) groups is 1. The average molecular weight is 321 g/mol. The van der Waals surface area contributed by atoms with E-state index in [0.29, 0.717) is 16.1 Å². The number of anilines is 2. The average Bonchev–Trinajstić information content (AvgIpc) is 2.44. The Hall–Kier alpha value is -1.75. The van der Waals surface area contributed by atoms with Gasteiger partial charge in [-0.15, -0.1) is 0 Å². The lowest BCUT2D eigenvalue weighted by molar-refractivity contribution is -0.131. The number of hydrogen-bond acceptors (Lipinski definition) is 4. The van der Waals surface area contributed by atoms with E-state index in [-0.39, 0.29) is 5.91 Å². The van der Waals surface area contributed by atoms with Gasteiger partial charge in [0.25, 0.3) is 0 Å². The fourth-order valence-electron chi connectivity index (χ4n) is 3.59. The summed E-state index contributed by atoms with van der Waals surface area (Å²) in [7, 11) is 0. The summed E-state index contributed by atoms with van der Waals surface area (Å²) in [6.45, 7) is 5.21. The Morgan fingerprint density at radius 2 is 2.00 bits per heavy atom. The SMILES string of the molecule is CC(=O)N1CCC2(CC1)CN(c1cc(Cl)cc(N)c1C=N)C2. The highest BCUT2D eigenvalue weighted by Gasteiger charge is 2.45. The molecule has 0 radical (unpaired) electrons. The monoisotopic (exact) mass is 320 g/mol. The standard InChI is InChI=1S/C16H21ClN4O/c1-11(22)20-4-2-16(3-5-20)9-21(10-16)15-7-12(17)6-14(19)13(15)8-18/h6-8,18H,2-5,9-10,19H2,1H3. The first kappa shape index (κ1) is 15.2. The molecule has 2 aliphatic heterocycles. The van der Waals surface area contributed by atoms with Gasteiger partial charge in [0.1, 0.15) is 0 Å². The summed E-state index contributed by atoms with van der Waals surface area (Å²) in [6.07, 6.45) is 3.38. The zero-order valence-corrected chi connectivity index (χ0v) is 13.5. The number of rotatable bonds is 2. The number of nitrogens with two attached hydrogens (primary N) is 1. The molecule has 0 bridgehead atoms. The van der Waals surface area contributed by atoms with Gasteiger partial charge in [-0.25, -0.2) is 0 Å². The van der Waals surface area contributed by atoms with Crippen LogP contribution in [0.25, 0.3) is 0 Å². The molecular weight excluding hydrogens is 300 g/mol. The fourth-order valence-corrected chi connectivity index (χ4v) is 3.81. The minimum Gasteiger partial charge on any atom is -0.398 e. The lowest BCUT2D eigenvalue weighted by Gasteiger charge is -2.55. The van der Waals surface area contributed by atoms with Crippen LogP contribution in [0.2, 0.25) is 5.02 Å². The number of carbonyl (C=O) groups excluding carboxylic acids is 1. The van der Waals surface area contributed by atoms with Crippen molar-refractivity contribution in [2.24, 2.45) is 5.41 Å². The van der Waals surface area contributed by atoms with E-state index in [9.17, 15) is 4.79 Å². The predicted molar refractivity (Wildman–Crippen MR) is 89.9 cm³/mol. The number of piperidine rings is 1. The molecule has 0 unspecified atom stereocenters. The Labute approximate surface area is 135 Å². The van der Waals surface area contributed by atoms with Crippen molar-refractivity contribution in [2.75, 3.05) is 36.8 Å². The van der Waals surface area contributed by atoms with E-state index in [4.69, 9.17) is 22.7 Å². The first-order chi connectivity index (χ1) is 10.4. The van der Waals surface area contributed by atoms with Gasteiger partial charge in [-0.2, -0.15) is 0 Å². The van der Waals surface area contributed by atoms with Crippen LogP contribution in [0.3, 0.4) is 0 Å². The summed E-state index contributed by atoms with van der Waals surface area (Å²) in [5, 5.41) is 8.18. The van der Waals surface area contributed by atoms with Gasteiger partial charge in [0.05, 0.1) is 0 Å². The third-order valence-electron chi connectivity index (χ3n) is 4.96. The van der Waals surface area contributed by atoms with E-state index >= 15 is 0 Å². The molecule has 1 amide bonds. The molecule has 3 rings (SSSR count). The summed E-state index contributed by atoms with van der Waals surface area (Å²) in [4.78, 5) is 15.6. The van der Waals surface area contributed by atoms with E-state index in [1.54, 1.807) is 13.0 Å². The minimum atomic E-state index is 0.166. The van der Waals surface area contributed by atoms with Crippen LogP contribution in [0.15, 0.2) is 12.1 Å². The molecule has 0 atom stereocenters. The zero-order valence-electron chi connectivity index (χ0n) is 12.7. The Kier molecular flexibility index (Phi) is 3.77. The molecule has 0 saturated carbocycles. The zero-order chi connectivity index (χ0) is 15.9. The molecule has 1 aromatic carbocycles. The molecule has 0 aromatic heterocycles. The Morgan fingerprint density at radius 3 is 2.55 bits per heavy atom. The third-order valence-corrected chi connectivity index (χ3v) is 5.18. The highest BCUT2D eigenvalue weighted by molar-refractivity contribution is 6.31. The van der Waals surface area contributed by atoms with Crippen LogP contribution < -0.4 is 10.6 Å². The number of likely N-dealkylation sites (tertiary alicyclic amines) is 1. The number of nitrogens with one attached hydrogen (secondary N) is 1. The molecule has 2 aliphatic rings. The molecule has 5 nitrogen and oxygen atoms in total. The summed E-state index contributed by atoms with van der Waals surface area (Å²) >= 11 is 6.11. The van der Waals surface area contributed by atoms with Gasteiger partial charge in [0, 0.05) is 66.7 Å². The van der Waals surface area contributed by atoms with E-state index in [1.165, 1.54) is 6.21 Å². The van der Waals surface area contributed by atoms with Crippen LogP contribution in [-0.2, 0) is 4.79 Å². The highest BCUT2D eigenvalue weighted by Crippen LogP contribution is 2.44. The first-order valence-corrected chi connectivity index (χ1v) is 7.92. The van der Waals surface area contributed by atoms with Gasteiger partial charge >= 0.3 is 0 Å². The maximum absolute atomic E-state index is 11.4. The van der Waals surface area contributed by atoms with Crippen LogP contribution in [0.4, 0.5) is 11.4 Å². The van der Waals surface area contributed by atoms with Crippen LogP contribution >= 0.6 is 11.6 Å². The summed E-state index contributed by atoms with van der Waals surface area (Å²) < 4.78 is 0. The smallest absolute Gasteiger partial charge is 0.219 e. The Bertz CT molecular complexity index is 615. The van der Waals surface area contributed by atoms with Crippen molar-refractivity contribution >= 4 is 35.1 Å². The second-order valence-corrected chi connectivity index (χ2v) is 6.87. The number of nitrogens with zero attached hydrogens (tertiary/aromatic N) is 2. The van der Waals surface area contributed by atoms with Crippen molar-refractivity contribution in [3.8, 4) is 0 Å². The molecule has 0 aliphatic carbocycles. The van der Waals surface area contributed by atoms with E-state index < -0.39 is 0 Å². The molecule has 3 N–H and O–H groups in total. The van der Waals surface area contributed by atoms with Gasteiger partial charge in [0.2, 0.25) is 5.91 Å². The normalized spacial score (nSPS) is 19.9. The van der Waals surface area contributed by atoms with Gasteiger partial charge in [-0.1, -0.05) is 11.6 Å². The van der Waals surface area contributed by atoms with Crippen LogP contribution in [0, 0.1) is 10.8 Å². The van der Waals surface area contributed by atoms with E-state index in [1.807, 2.05) is 11.0 Å². The third kappa shape index (κ3) is 2.54. The van der Waals surface area contributed by atoms with Crippen molar-refractivity contribution in [3.63, 3.8) is 0 Å². The maximum Gasteiger partial charge on any atom is 0.219 e. The molecule has 1 spiro atoms. The molecule has 2 heterocycles. The molecule has 22 heavy (non-hydrogen) atoms. The number of halogens is 1. The fraction of sp³-hybridized carbons (Fsp3) is 0.500. The molecular formula is C16H21ClN4O. The van der Waals surface area contributed by atoms with Crippen molar-refractivity contribution in [1.82, 2.24) is 4.90 Å². The summed E-state index contributed by atoms with van der Waals surface area (Å²) in [5.74, 6) is 0.166. The van der Waals surface area contributed by atoms with E-state index in [2.05, 4.69) is 4.90 Å². The van der Waals surface area contributed by atoms with Crippen LogP contribution in [0.1, 0.15) is 25.3 Å². The summed E-state index contributed by atoms with van der Waals surface area (Å²) in [5.41, 5.74) is 8.48. The molecule has 1 aromatic rings. The van der Waals surface area contributed by atoms with Gasteiger partial charge in [-0.05, 0) is 25.0 Å². The number of nitrogen functional groups attached to an aromatic ring is 1. The van der Waals surface area contributed by atoms with Crippen LogP contribution in [0.5, 0.6) is 0 Å². The predicted octanol–water partition coefficient (Wildman–Crippen LogP) is 2.37. The van der Waals surface area contributed by atoms with E-state index in [0.717, 1.165) is 50.3 Å². The Morgan fingerprint density at radius 1 is 1.36 bits per heavy atom. The lowest BCUT2D eigenvalue weighted by Crippen LogP contribution is -2.61. The second-order valence-electron chi connectivity index (χ2n) is 6.43. The van der Waals surface area contributed by atoms with Crippen molar-refractivity contribution < 1.29 is 4.79 Å². The Balaban J connectivity index is 1.72. The quantitative estimate of drug-likeness (QED) is 0.649. The van der Waals surface area contributed by atoms with Crippen LogP contribution in [-0.4, -0.2) is 43.2 Å². The molecule has 118 valence electrons. The number of hydrogen-bond donors (Lipinski definition) is 2. The highest BCUT2D eigenvalue weighted by atomic mass is 35.5. The molecule has 6 heteroatoms. The van der Waals surface area contributed by atoms with Crippen molar-refractivity contribution in [2.45, 2.75) is 19.8 Å². The van der Waals surface area contributed by atoms with Gasteiger partial charge in [0.15, 0.2) is 0 Å². The van der Waals surface area contributed by atoms with Gasteiger partial charge in [-0.3, -0.25) is 4.79 Å². The molecule has 2 fully saturated rings. The van der Waals surface area contributed by atoms with Crippen molar-refractivity contribution in [3.05, 3.63) is 22.7 Å². The number of benzene rings is 1. The topological polar surface area (TPSA) is 73.4 Å². The lowest BCUT2D eigenvalue weighted by atomic mass is 9.71.